The Bertz CT molecular complexity index is 837. The van der Waals surface area contributed by atoms with E-state index in [1.807, 2.05) is 12.1 Å². The standard InChI is InChI=1S/C22H35N5O4S/c28-21(17-25-32(30,31)19-7-3-1-4-8-19)26-20(22(29)27-15-5-2-6-16-27)11-14-24-18-9-12-23-13-10-18/h9-10,12-13,19-20,25H,1-8,11,14-17H2,(H,23,24)(H,26,28)/t20-/m1/s1. The first-order chi connectivity index (χ1) is 15.5. The maximum absolute atomic E-state index is 13.1. The molecule has 2 amide bonds. The van der Waals surface area contributed by atoms with E-state index in [1.165, 1.54) is 0 Å². The predicted octanol–water partition coefficient (Wildman–Crippen LogP) is 1.63. The van der Waals surface area contributed by atoms with Crippen LogP contribution in [0, 0.1) is 0 Å². The number of anilines is 1. The third-order valence-electron chi connectivity index (χ3n) is 6.17. The number of aromatic nitrogens is 1. The highest BCUT2D eigenvalue weighted by Crippen LogP contribution is 2.22. The lowest BCUT2D eigenvalue weighted by molar-refractivity contribution is -0.137. The van der Waals surface area contributed by atoms with E-state index in [4.69, 9.17) is 0 Å². The molecular weight excluding hydrogens is 430 g/mol. The van der Waals surface area contributed by atoms with Gasteiger partial charge in [0.25, 0.3) is 0 Å². The summed E-state index contributed by atoms with van der Waals surface area (Å²) in [4.78, 5) is 31.4. The Morgan fingerprint density at radius 2 is 1.69 bits per heavy atom. The fourth-order valence-electron chi connectivity index (χ4n) is 4.33. The summed E-state index contributed by atoms with van der Waals surface area (Å²) in [6, 6.07) is 2.97. The Labute approximate surface area is 190 Å². The van der Waals surface area contributed by atoms with E-state index in [-0.39, 0.29) is 12.5 Å². The van der Waals surface area contributed by atoms with Crippen molar-refractivity contribution in [3.05, 3.63) is 24.5 Å². The van der Waals surface area contributed by atoms with Crippen LogP contribution in [0.4, 0.5) is 5.69 Å². The summed E-state index contributed by atoms with van der Waals surface area (Å²) in [5.74, 6) is -0.589. The normalized spacial score (nSPS) is 18.7. The molecule has 9 nitrogen and oxygen atoms in total. The fraction of sp³-hybridized carbons (Fsp3) is 0.682. The minimum Gasteiger partial charge on any atom is -0.385 e. The van der Waals surface area contributed by atoms with Gasteiger partial charge in [0.1, 0.15) is 6.04 Å². The first-order valence-electron chi connectivity index (χ1n) is 11.7. The molecule has 0 radical (unpaired) electrons. The quantitative estimate of drug-likeness (QED) is 0.483. The summed E-state index contributed by atoms with van der Waals surface area (Å²) >= 11 is 0. The molecule has 1 atom stereocenters. The van der Waals surface area contributed by atoms with Crippen LogP contribution in [-0.2, 0) is 19.6 Å². The van der Waals surface area contributed by atoms with Crippen LogP contribution >= 0.6 is 0 Å². The van der Waals surface area contributed by atoms with E-state index in [2.05, 4.69) is 20.3 Å². The van der Waals surface area contributed by atoms with Crippen molar-refractivity contribution in [2.45, 2.75) is 69.1 Å². The number of pyridine rings is 1. The molecule has 3 rings (SSSR count). The Hall–Kier alpha value is -2.20. The summed E-state index contributed by atoms with van der Waals surface area (Å²) in [7, 11) is -3.53. The minimum atomic E-state index is -3.53. The molecule has 2 heterocycles. The van der Waals surface area contributed by atoms with Gasteiger partial charge in [0.05, 0.1) is 11.8 Å². The van der Waals surface area contributed by atoms with Gasteiger partial charge in [-0.3, -0.25) is 14.6 Å². The summed E-state index contributed by atoms with van der Waals surface area (Å²) < 4.78 is 27.5. The first-order valence-corrected chi connectivity index (χ1v) is 13.2. The van der Waals surface area contributed by atoms with Crippen LogP contribution in [-0.4, -0.2) is 67.6 Å². The first kappa shape index (κ1) is 24.4. The number of likely N-dealkylation sites (tertiary alicyclic amines) is 1. The van der Waals surface area contributed by atoms with Crippen molar-refractivity contribution in [2.75, 3.05) is 31.5 Å². The monoisotopic (exact) mass is 465 g/mol. The number of hydrogen-bond donors (Lipinski definition) is 3. The average Bonchev–Trinajstić information content (AvgIpc) is 2.83. The number of sulfonamides is 1. The Morgan fingerprint density at radius 1 is 1.03 bits per heavy atom. The van der Waals surface area contributed by atoms with Gasteiger partial charge in [-0.15, -0.1) is 0 Å². The molecule has 178 valence electrons. The van der Waals surface area contributed by atoms with Gasteiger partial charge < -0.3 is 15.5 Å². The van der Waals surface area contributed by atoms with Crippen LogP contribution in [0.1, 0.15) is 57.8 Å². The van der Waals surface area contributed by atoms with Crippen molar-refractivity contribution in [1.82, 2.24) is 19.9 Å². The smallest absolute Gasteiger partial charge is 0.245 e. The molecule has 1 saturated carbocycles. The molecular formula is C22H35N5O4S. The summed E-state index contributed by atoms with van der Waals surface area (Å²) in [6.45, 7) is 1.53. The molecule has 1 aromatic rings. The number of hydrogen-bond acceptors (Lipinski definition) is 6. The number of piperidine rings is 1. The van der Waals surface area contributed by atoms with E-state index in [0.29, 0.717) is 38.9 Å². The minimum absolute atomic E-state index is 0.107. The third kappa shape index (κ3) is 7.44. The predicted molar refractivity (Wildman–Crippen MR) is 124 cm³/mol. The Kier molecular flexibility index (Phi) is 9.28. The number of carbonyl (C=O) groups excluding carboxylic acids is 2. The molecule has 1 aromatic heterocycles. The maximum Gasteiger partial charge on any atom is 0.245 e. The number of carbonyl (C=O) groups is 2. The fourth-order valence-corrected chi connectivity index (χ4v) is 5.85. The number of rotatable bonds is 10. The molecule has 1 saturated heterocycles. The van der Waals surface area contributed by atoms with Crippen molar-refractivity contribution < 1.29 is 18.0 Å². The highest BCUT2D eigenvalue weighted by Gasteiger charge is 2.29. The lowest BCUT2D eigenvalue weighted by atomic mass is 10.0. The second-order valence-electron chi connectivity index (χ2n) is 8.58. The molecule has 0 unspecified atom stereocenters. The van der Waals surface area contributed by atoms with Gasteiger partial charge >= 0.3 is 0 Å². The van der Waals surface area contributed by atoms with E-state index in [0.717, 1.165) is 44.2 Å². The van der Waals surface area contributed by atoms with Crippen molar-refractivity contribution in [2.24, 2.45) is 0 Å². The molecule has 3 N–H and O–H groups in total. The van der Waals surface area contributed by atoms with Gasteiger partial charge in [0, 0.05) is 37.7 Å². The van der Waals surface area contributed by atoms with Crippen LogP contribution < -0.4 is 15.4 Å². The van der Waals surface area contributed by atoms with Crippen molar-refractivity contribution >= 4 is 27.5 Å². The molecule has 0 aromatic carbocycles. The topological polar surface area (TPSA) is 120 Å². The molecule has 0 spiro atoms. The lowest BCUT2D eigenvalue weighted by Crippen LogP contribution is -2.52. The third-order valence-corrected chi connectivity index (χ3v) is 8.06. The van der Waals surface area contributed by atoms with Crippen LogP contribution in [0.25, 0.3) is 0 Å². The van der Waals surface area contributed by atoms with E-state index in [1.54, 1.807) is 17.3 Å². The van der Waals surface area contributed by atoms with Crippen LogP contribution in [0.2, 0.25) is 0 Å². The highest BCUT2D eigenvalue weighted by atomic mass is 32.2. The Morgan fingerprint density at radius 3 is 2.38 bits per heavy atom. The SMILES string of the molecule is O=C(CNS(=O)(=O)C1CCCCC1)N[C@H](CCNc1ccncc1)C(=O)N1CCCCC1. The van der Waals surface area contributed by atoms with Crippen molar-refractivity contribution in [3.63, 3.8) is 0 Å². The summed E-state index contributed by atoms with van der Waals surface area (Å²) in [6.07, 6.45) is 10.9. The molecule has 1 aliphatic carbocycles. The van der Waals surface area contributed by atoms with Crippen LogP contribution in [0.5, 0.6) is 0 Å². The molecule has 10 heteroatoms. The van der Waals surface area contributed by atoms with Crippen molar-refractivity contribution in [3.8, 4) is 0 Å². The van der Waals surface area contributed by atoms with Gasteiger partial charge in [0.15, 0.2) is 0 Å². The van der Waals surface area contributed by atoms with Gasteiger partial charge in [-0.2, -0.15) is 0 Å². The lowest BCUT2D eigenvalue weighted by Gasteiger charge is -2.31. The van der Waals surface area contributed by atoms with E-state index in [9.17, 15) is 18.0 Å². The number of nitrogens with zero attached hydrogens (tertiary/aromatic N) is 2. The largest absolute Gasteiger partial charge is 0.385 e. The van der Waals surface area contributed by atoms with Crippen LogP contribution in [0.3, 0.4) is 0 Å². The average molecular weight is 466 g/mol. The number of nitrogens with one attached hydrogen (secondary N) is 3. The van der Waals surface area contributed by atoms with E-state index < -0.39 is 27.2 Å². The number of amides is 2. The molecule has 32 heavy (non-hydrogen) atoms. The van der Waals surface area contributed by atoms with Gasteiger partial charge in [0.2, 0.25) is 21.8 Å². The van der Waals surface area contributed by atoms with Gasteiger partial charge in [-0.1, -0.05) is 19.3 Å². The zero-order valence-electron chi connectivity index (χ0n) is 18.6. The summed E-state index contributed by atoms with van der Waals surface area (Å²) in [5, 5.41) is 5.57. The molecule has 1 aliphatic heterocycles. The van der Waals surface area contributed by atoms with Crippen LogP contribution in [0.15, 0.2) is 24.5 Å². The molecule has 2 fully saturated rings. The second kappa shape index (κ2) is 12.2. The molecule has 2 aliphatic rings. The van der Waals surface area contributed by atoms with Crippen molar-refractivity contribution in [1.29, 1.82) is 0 Å². The maximum atomic E-state index is 13.1. The Balaban J connectivity index is 1.55. The van der Waals surface area contributed by atoms with Gasteiger partial charge in [-0.25, -0.2) is 13.1 Å². The zero-order valence-corrected chi connectivity index (χ0v) is 19.4. The highest BCUT2D eigenvalue weighted by molar-refractivity contribution is 7.90. The van der Waals surface area contributed by atoms with Gasteiger partial charge in [-0.05, 0) is 50.7 Å². The zero-order chi connectivity index (χ0) is 22.8. The summed E-state index contributed by atoms with van der Waals surface area (Å²) in [5.41, 5.74) is 0.885. The second-order valence-corrected chi connectivity index (χ2v) is 10.6. The van der Waals surface area contributed by atoms with E-state index >= 15 is 0 Å². The molecule has 0 bridgehead atoms.